The lowest BCUT2D eigenvalue weighted by Gasteiger charge is -2.38. The SMILES string of the molecule is O=C1N(c2cccc(-c3ccccc3)c2)N=C(C2=NN(c3cccc(-c4ccccc4)c3)C(=O)N(c3cccc(-c4ccccc4)c3)N2)NN1c1cccc(-c2ccccc2)c1. The number of rotatable bonds is 9. The predicted molar refractivity (Wildman–Crippen MR) is 249 cm³/mol. The first-order valence-electron chi connectivity index (χ1n) is 20.2. The van der Waals surface area contributed by atoms with Crippen molar-refractivity contribution in [2.45, 2.75) is 0 Å². The van der Waals surface area contributed by atoms with Crippen LogP contribution in [0.2, 0.25) is 0 Å². The standard InChI is InChI=1S/C52H38N8O2/c61-51-57(45-29-13-25-41(33-45)37-17-5-1-6-18-37)53-49(54-58(51)46-30-14-26-42(34-46)38-19-7-2-8-20-38)50-55-59(47-31-15-27-43(35-47)39-21-9-3-10-22-39)52(62)60(56-50)48-32-16-28-44(36-48)40-23-11-4-12-24-40/h1-36H,(H,53,54)(H,55,56). The number of hydrazone groups is 2. The van der Waals surface area contributed by atoms with Crippen LogP contribution in [0.3, 0.4) is 0 Å². The summed E-state index contributed by atoms with van der Waals surface area (Å²) in [5.41, 5.74) is 16.4. The Hall–Kier alpha value is -8.76. The molecule has 2 aliphatic heterocycles. The maximum atomic E-state index is 14.8. The molecule has 0 radical (unpaired) electrons. The van der Waals surface area contributed by atoms with Crippen LogP contribution in [0.25, 0.3) is 44.5 Å². The number of hydrogen-bond acceptors (Lipinski definition) is 6. The number of carbonyl (C=O) groups excluding carboxylic acids is 2. The molecule has 0 atom stereocenters. The van der Waals surface area contributed by atoms with Crippen LogP contribution in [0.15, 0.2) is 229 Å². The minimum absolute atomic E-state index is 0.181. The Morgan fingerprint density at radius 1 is 0.290 bits per heavy atom. The van der Waals surface area contributed by atoms with Crippen molar-refractivity contribution in [1.82, 2.24) is 10.9 Å². The molecular formula is C52H38N8O2. The van der Waals surface area contributed by atoms with Crippen LogP contribution in [-0.2, 0) is 0 Å². The van der Waals surface area contributed by atoms with Gasteiger partial charge in [0.15, 0.2) is 0 Å². The van der Waals surface area contributed by atoms with Crippen molar-refractivity contribution in [3.8, 4) is 44.5 Å². The van der Waals surface area contributed by atoms with Gasteiger partial charge in [0.2, 0.25) is 11.7 Å². The summed E-state index contributed by atoms with van der Waals surface area (Å²) in [7, 11) is 0. The Morgan fingerprint density at radius 3 is 0.855 bits per heavy atom. The summed E-state index contributed by atoms with van der Waals surface area (Å²) in [5.74, 6) is 0.363. The van der Waals surface area contributed by atoms with E-state index in [1.165, 1.54) is 20.0 Å². The second-order valence-electron chi connectivity index (χ2n) is 14.6. The number of amidine groups is 2. The Morgan fingerprint density at radius 2 is 0.548 bits per heavy atom. The van der Waals surface area contributed by atoms with Gasteiger partial charge in [0.05, 0.1) is 22.7 Å². The highest BCUT2D eigenvalue weighted by molar-refractivity contribution is 6.44. The first-order valence-corrected chi connectivity index (χ1v) is 20.2. The second kappa shape index (κ2) is 16.5. The van der Waals surface area contributed by atoms with Crippen molar-refractivity contribution in [2.75, 3.05) is 20.0 Å². The average molecular weight is 807 g/mol. The molecule has 2 aliphatic rings. The van der Waals surface area contributed by atoms with E-state index in [2.05, 4.69) is 10.9 Å². The predicted octanol–water partition coefficient (Wildman–Crippen LogP) is 11.6. The Labute approximate surface area is 358 Å². The summed E-state index contributed by atoms with van der Waals surface area (Å²) in [6.07, 6.45) is 0. The maximum absolute atomic E-state index is 14.8. The second-order valence-corrected chi connectivity index (χ2v) is 14.6. The number of hydrogen-bond donors (Lipinski definition) is 2. The first kappa shape index (κ1) is 37.5. The van der Waals surface area contributed by atoms with E-state index in [1.807, 2.05) is 218 Å². The van der Waals surface area contributed by atoms with Crippen molar-refractivity contribution in [1.29, 1.82) is 0 Å². The first-order chi connectivity index (χ1) is 30.6. The van der Waals surface area contributed by atoms with Crippen molar-refractivity contribution in [2.24, 2.45) is 10.2 Å². The third-order valence-electron chi connectivity index (χ3n) is 10.6. The minimum Gasteiger partial charge on any atom is -0.268 e. The van der Waals surface area contributed by atoms with Gasteiger partial charge in [-0.25, -0.2) is 19.6 Å². The van der Waals surface area contributed by atoms with Crippen LogP contribution in [0.5, 0.6) is 0 Å². The summed E-state index contributed by atoms with van der Waals surface area (Å²) in [4.78, 5) is 29.5. The van der Waals surface area contributed by atoms with Gasteiger partial charge in [0.25, 0.3) is 0 Å². The van der Waals surface area contributed by atoms with Crippen molar-refractivity contribution in [3.05, 3.63) is 218 Å². The Bertz CT molecular complexity index is 2770. The fourth-order valence-electron chi connectivity index (χ4n) is 7.52. The number of anilines is 4. The van der Waals surface area contributed by atoms with Gasteiger partial charge in [0.1, 0.15) is 0 Å². The van der Waals surface area contributed by atoms with Crippen LogP contribution in [0.1, 0.15) is 0 Å². The molecule has 298 valence electrons. The van der Waals surface area contributed by atoms with Crippen molar-refractivity contribution in [3.63, 3.8) is 0 Å². The lowest BCUT2D eigenvalue weighted by Crippen LogP contribution is -2.65. The highest BCUT2D eigenvalue weighted by Crippen LogP contribution is 2.33. The van der Waals surface area contributed by atoms with E-state index < -0.39 is 12.1 Å². The molecule has 4 amide bonds. The molecule has 2 heterocycles. The Balaban J connectivity index is 1.11. The molecule has 8 aromatic carbocycles. The molecule has 0 saturated heterocycles. The topological polar surface area (TPSA) is 95.9 Å². The smallest absolute Gasteiger partial charge is 0.268 e. The molecule has 0 fully saturated rings. The molecule has 8 aromatic rings. The van der Waals surface area contributed by atoms with E-state index in [4.69, 9.17) is 10.2 Å². The molecule has 0 unspecified atom stereocenters. The van der Waals surface area contributed by atoms with E-state index in [-0.39, 0.29) is 11.7 Å². The quantitative estimate of drug-likeness (QED) is 0.152. The fourth-order valence-corrected chi connectivity index (χ4v) is 7.52. The number of hydrazine groups is 2. The van der Waals surface area contributed by atoms with Crippen LogP contribution in [0, 0.1) is 0 Å². The van der Waals surface area contributed by atoms with E-state index in [1.54, 1.807) is 0 Å². The van der Waals surface area contributed by atoms with Gasteiger partial charge in [-0.05, 0) is 93.0 Å². The van der Waals surface area contributed by atoms with Crippen LogP contribution < -0.4 is 30.9 Å². The van der Waals surface area contributed by atoms with Crippen molar-refractivity contribution < 1.29 is 9.59 Å². The number of urea groups is 2. The molecule has 62 heavy (non-hydrogen) atoms. The molecule has 0 spiro atoms. The van der Waals surface area contributed by atoms with Crippen molar-refractivity contribution >= 4 is 46.5 Å². The normalized spacial score (nSPS) is 13.9. The number of nitrogens with zero attached hydrogens (tertiary/aromatic N) is 6. The van der Waals surface area contributed by atoms with Crippen LogP contribution in [0.4, 0.5) is 32.3 Å². The third kappa shape index (κ3) is 7.51. The average Bonchev–Trinajstić information content (AvgIpc) is 3.35. The van der Waals surface area contributed by atoms with Gasteiger partial charge < -0.3 is 0 Å². The van der Waals surface area contributed by atoms with Gasteiger partial charge in [-0.3, -0.25) is 10.9 Å². The summed E-state index contributed by atoms with van der Waals surface area (Å²) < 4.78 is 0. The summed E-state index contributed by atoms with van der Waals surface area (Å²) in [6, 6.07) is 69.8. The lowest BCUT2D eigenvalue weighted by atomic mass is 10.0. The summed E-state index contributed by atoms with van der Waals surface area (Å²) in [5, 5.41) is 15.5. The highest BCUT2D eigenvalue weighted by atomic mass is 16.2. The summed E-state index contributed by atoms with van der Waals surface area (Å²) in [6.45, 7) is 0. The number of amides is 4. The molecule has 10 nitrogen and oxygen atoms in total. The van der Waals surface area contributed by atoms with E-state index in [0.717, 1.165) is 44.5 Å². The molecule has 10 rings (SSSR count). The Kier molecular flexibility index (Phi) is 9.97. The lowest BCUT2D eigenvalue weighted by molar-refractivity contribution is 0.248. The van der Waals surface area contributed by atoms with Gasteiger partial charge in [-0.2, -0.15) is 10.0 Å². The zero-order chi connectivity index (χ0) is 41.8. The molecular weight excluding hydrogens is 769 g/mol. The molecule has 0 aromatic heterocycles. The number of nitrogens with one attached hydrogen (secondary N) is 2. The largest absolute Gasteiger partial charge is 0.368 e. The molecule has 0 saturated carbocycles. The monoisotopic (exact) mass is 806 g/mol. The van der Waals surface area contributed by atoms with E-state index in [9.17, 15) is 9.59 Å². The molecule has 0 bridgehead atoms. The molecule has 2 N–H and O–H groups in total. The highest BCUT2D eigenvalue weighted by Gasteiger charge is 2.37. The van der Waals surface area contributed by atoms with Crippen LogP contribution in [-0.4, -0.2) is 23.7 Å². The maximum Gasteiger partial charge on any atom is 0.368 e. The van der Waals surface area contributed by atoms with Gasteiger partial charge in [0, 0.05) is 0 Å². The summed E-state index contributed by atoms with van der Waals surface area (Å²) >= 11 is 0. The molecule has 0 aliphatic carbocycles. The van der Waals surface area contributed by atoms with E-state index in [0.29, 0.717) is 22.7 Å². The van der Waals surface area contributed by atoms with Gasteiger partial charge in [-0.15, -0.1) is 10.2 Å². The third-order valence-corrected chi connectivity index (χ3v) is 10.6. The molecule has 10 heteroatoms. The number of carbonyl (C=O) groups is 2. The minimum atomic E-state index is -0.448. The van der Waals surface area contributed by atoms with Gasteiger partial charge in [-0.1, -0.05) is 170 Å². The number of benzene rings is 8. The zero-order valence-electron chi connectivity index (χ0n) is 33.3. The van der Waals surface area contributed by atoms with E-state index >= 15 is 0 Å². The fraction of sp³-hybridized carbons (Fsp3) is 0. The van der Waals surface area contributed by atoms with Gasteiger partial charge >= 0.3 is 12.1 Å². The van der Waals surface area contributed by atoms with Crippen LogP contribution >= 0.6 is 0 Å². The zero-order valence-corrected chi connectivity index (χ0v) is 33.3.